The number of amides is 2. The number of carbonyl (C=O) groups is 1. The zero-order chi connectivity index (χ0) is 16.2. The molecule has 122 valence electrons. The van der Waals surface area contributed by atoms with Crippen LogP contribution in [0.1, 0.15) is 18.4 Å². The van der Waals surface area contributed by atoms with Gasteiger partial charge in [0.15, 0.2) is 0 Å². The van der Waals surface area contributed by atoms with E-state index in [4.69, 9.17) is 0 Å². The number of anilines is 1. The summed E-state index contributed by atoms with van der Waals surface area (Å²) in [6.45, 7) is 4.40. The second kappa shape index (κ2) is 7.11. The zero-order valence-electron chi connectivity index (χ0n) is 13.8. The number of rotatable bonds is 4. The summed E-state index contributed by atoms with van der Waals surface area (Å²) in [7, 11) is 4.04. The van der Waals surface area contributed by atoms with E-state index < -0.39 is 0 Å². The first-order valence-electron chi connectivity index (χ1n) is 7.83. The quantitative estimate of drug-likeness (QED) is 0.896. The minimum Gasteiger partial charge on any atom is -0.396 e. The van der Waals surface area contributed by atoms with Crippen molar-refractivity contribution < 1.29 is 9.90 Å². The number of urea groups is 1. The lowest BCUT2D eigenvalue weighted by Crippen LogP contribution is -2.49. The van der Waals surface area contributed by atoms with Crippen molar-refractivity contribution in [1.29, 1.82) is 0 Å². The first-order chi connectivity index (χ1) is 10.5. The van der Waals surface area contributed by atoms with E-state index in [1.165, 1.54) is 0 Å². The molecule has 0 atom stereocenters. The Balaban J connectivity index is 1.93. The Kier molecular flexibility index (Phi) is 5.42. The SMILES string of the molecule is Cc1ccccc1NC(=O)N1CCC(CO)(CN(C)C)CC1. The van der Waals surface area contributed by atoms with Gasteiger partial charge in [0.2, 0.25) is 0 Å². The number of carbonyl (C=O) groups excluding carboxylic acids is 1. The van der Waals surface area contributed by atoms with Gasteiger partial charge in [-0.15, -0.1) is 0 Å². The Labute approximate surface area is 132 Å². The molecule has 0 saturated carbocycles. The second-order valence-electron chi connectivity index (χ2n) is 6.63. The first kappa shape index (κ1) is 16.8. The van der Waals surface area contributed by atoms with Gasteiger partial charge >= 0.3 is 6.03 Å². The first-order valence-corrected chi connectivity index (χ1v) is 7.83. The highest BCUT2D eigenvalue weighted by Gasteiger charge is 2.35. The van der Waals surface area contributed by atoms with Gasteiger partial charge in [-0.2, -0.15) is 0 Å². The Morgan fingerprint density at radius 3 is 2.50 bits per heavy atom. The number of hydrogen-bond acceptors (Lipinski definition) is 3. The molecule has 1 aromatic rings. The Morgan fingerprint density at radius 1 is 1.32 bits per heavy atom. The van der Waals surface area contributed by atoms with Gasteiger partial charge in [-0.1, -0.05) is 18.2 Å². The van der Waals surface area contributed by atoms with Crippen LogP contribution >= 0.6 is 0 Å². The molecule has 0 radical (unpaired) electrons. The second-order valence-corrected chi connectivity index (χ2v) is 6.63. The molecule has 5 nitrogen and oxygen atoms in total. The molecule has 5 heteroatoms. The number of para-hydroxylation sites is 1. The maximum atomic E-state index is 12.4. The largest absolute Gasteiger partial charge is 0.396 e. The summed E-state index contributed by atoms with van der Waals surface area (Å²) in [6, 6.07) is 7.74. The van der Waals surface area contributed by atoms with Crippen molar-refractivity contribution in [2.45, 2.75) is 19.8 Å². The van der Waals surface area contributed by atoms with Gasteiger partial charge < -0.3 is 20.2 Å². The number of aryl methyl sites for hydroxylation is 1. The molecule has 0 bridgehead atoms. The predicted octanol–water partition coefficient (Wildman–Crippen LogP) is 2.16. The van der Waals surface area contributed by atoms with Crippen molar-refractivity contribution in [3.63, 3.8) is 0 Å². The summed E-state index contributed by atoms with van der Waals surface area (Å²) in [4.78, 5) is 16.3. The van der Waals surface area contributed by atoms with Gasteiger partial charge in [0.05, 0.1) is 6.61 Å². The van der Waals surface area contributed by atoms with Crippen LogP contribution in [0.25, 0.3) is 0 Å². The highest BCUT2D eigenvalue weighted by molar-refractivity contribution is 5.90. The van der Waals surface area contributed by atoms with Gasteiger partial charge in [-0.25, -0.2) is 4.79 Å². The highest BCUT2D eigenvalue weighted by atomic mass is 16.3. The Morgan fingerprint density at radius 2 is 1.95 bits per heavy atom. The van der Waals surface area contributed by atoms with Crippen LogP contribution in [-0.4, -0.2) is 61.3 Å². The molecular formula is C17H27N3O2. The molecule has 1 aromatic carbocycles. The number of nitrogens with zero attached hydrogens (tertiary/aromatic N) is 2. The number of hydrogen-bond donors (Lipinski definition) is 2. The van der Waals surface area contributed by atoms with Gasteiger partial charge in [-0.3, -0.25) is 0 Å². The molecule has 0 spiro atoms. The molecule has 0 aliphatic carbocycles. The van der Waals surface area contributed by atoms with E-state index in [2.05, 4.69) is 10.2 Å². The summed E-state index contributed by atoms with van der Waals surface area (Å²) in [6.07, 6.45) is 1.67. The molecular weight excluding hydrogens is 278 g/mol. The molecule has 2 N–H and O–H groups in total. The molecule has 2 amide bonds. The van der Waals surface area contributed by atoms with Crippen LogP contribution in [0.3, 0.4) is 0 Å². The van der Waals surface area contributed by atoms with Crippen molar-refractivity contribution in [1.82, 2.24) is 9.80 Å². The number of likely N-dealkylation sites (tertiary alicyclic amines) is 1. The number of aliphatic hydroxyl groups is 1. The highest BCUT2D eigenvalue weighted by Crippen LogP contribution is 2.31. The van der Waals surface area contributed by atoms with Crippen LogP contribution < -0.4 is 5.32 Å². The third-order valence-corrected chi connectivity index (χ3v) is 4.49. The molecule has 1 heterocycles. The number of benzene rings is 1. The van der Waals surface area contributed by atoms with Crippen LogP contribution in [0.2, 0.25) is 0 Å². The fraction of sp³-hybridized carbons (Fsp3) is 0.588. The molecule has 2 rings (SSSR count). The van der Waals surface area contributed by atoms with Gasteiger partial charge in [0.25, 0.3) is 0 Å². The smallest absolute Gasteiger partial charge is 0.321 e. The Hall–Kier alpha value is -1.59. The van der Waals surface area contributed by atoms with E-state index in [0.717, 1.165) is 30.6 Å². The lowest BCUT2D eigenvalue weighted by Gasteiger charge is -2.42. The van der Waals surface area contributed by atoms with Gasteiger partial charge in [0.1, 0.15) is 0 Å². The summed E-state index contributed by atoms with van der Waals surface area (Å²) in [5.41, 5.74) is 1.84. The molecule has 1 aliphatic heterocycles. The summed E-state index contributed by atoms with van der Waals surface area (Å²) in [5, 5.41) is 12.7. The minimum absolute atomic E-state index is 0.0503. The van der Waals surface area contributed by atoms with Crippen molar-refractivity contribution in [2.75, 3.05) is 45.7 Å². The average Bonchev–Trinajstić information content (AvgIpc) is 2.49. The maximum absolute atomic E-state index is 12.4. The Bertz CT molecular complexity index is 508. The van der Waals surface area contributed by atoms with Crippen LogP contribution in [-0.2, 0) is 0 Å². The van der Waals surface area contributed by atoms with Crippen molar-refractivity contribution in [3.8, 4) is 0 Å². The van der Waals surface area contributed by atoms with Gasteiger partial charge in [0, 0.05) is 30.7 Å². The predicted molar refractivity (Wildman–Crippen MR) is 89.1 cm³/mol. The van der Waals surface area contributed by atoms with Crippen LogP contribution in [0.5, 0.6) is 0 Å². The summed E-state index contributed by atoms with van der Waals surface area (Å²) in [5.74, 6) is 0. The minimum atomic E-state index is -0.0804. The van der Waals surface area contributed by atoms with Crippen LogP contribution in [0, 0.1) is 12.3 Å². The molecule has 0 aromatic heterocycles. The number of nitrogens with one attached hydrogen (secondary N) is 1. The van der Waals surface area contributed by atoms with Crippen LogP contribution in [0.4, 0.5) is 10.5 Å². The monoisotopic (exact) mass is 305 g/mol. The average molecular weight is 305 g/mol. The summed E-state index contributed by atoms with van der Waals surface area (Å²) < 4.78 is 0. The van der Waals surface area contributed by atoms with Crippen molar-refractivity contribution >= 4 is 11.7 Å². The topological polar surface area (TPSA) is 55.8 Å². The fourth-order valence-corrected chi connectivity index (χ4v) is 3.13. The lowest BCUT2D eigenvalue weighted by atomic mass is 9.79. The zero-order valence-corrected chi connectivity index (χ0v) is 13.8. The third kappa shape index (κ3) is 3.99. The normalized spacial score (nSPS) is 17.6. The van der Waals surface area contributed by atoms with E-state index in [0.29, 0.717) is 13.1 Å². The van der Waals surface area contributed by atoms with E-state index in [-0.39, 0.29) is 18.1 Å². The number of piperidine rings is 1. The summed E-state index contributed by atoms with van der Waals surface area (Å²) >= 11 is 0. The lowest BCUT2D eigenvalue weighted by molar-refractivity contribution is 0.0358. The van der Waals surface area contributed by atoms with Crippen LogP contribution in [0.15, 0.2) is 24.3 Å². The standard InChI is InChI=1S/C17H27N3O2/c1-14-6-4-5-7-15(14)18-16(22)20-10-8-17(13-21,9-11-20)12-19(2)3/h4-7,21H,8-13H2,1-3H3,(H,18,22). The molecule has 0 unspecified atom stereocenters. The van der Waals surface area contributed by atoms with E-state index >= 15 is 0 Å². The molecule has 1 fully saturated rings. The maximum Gasteiger partial charge on any atom is 0.321 e. The fourth-order valence-electron chi connectivity index (χ4n) is 3.13. The van der Waals surface area contributed by atoms with Gasteiger partial charge in [-0.05, 0) is 45.5 Å². The number of aliphatic hydroxyl groups excluding tert-OH is 1. The van der Waals surface area contributed by atoms with Crippen molar-refractivity contribution in [3.05, 3.63) is 29.8 Å². The third-order valence-electron chi connectivity index (χ3n) is 4.49. The molecule has 1 aliphatic rings. The van der Waals surface area contributed by atoms with E-state index in [9.17, 15) is 9.90 Å². The van der Waals surface area contributed by atoms with Crippen molar-refractivity contribution in [2.24, 2.45) is 5.41 Å². The molecule has 1 saturated heterocycles. The van der Waals surface area contributed by atoms with E-state index in [1.54, 1.807) is 0 Å². The van der Waals surface area contributed by atoms with E-state index in [1.807, 2.05) is 50.2 Å². The molecule has 22 heavy (non-hydrogen) atoms.